The summed E-state index contributed by atoms with van der Waals surface area (Å²) in [5, 5.41) is 6.62. The van der Waals surface area contributed by atoms with Gasteiger partial charge in [0.2, 0.25) is 0 Å². The highest BCUT2D eigenvalue weighted by atomic mass is 32.2. The van der Waals surface area contributed by atoms with Crippen molar-refractivity contribution in [3.05, 3.63) is 35.4 Å². The minimum Gasteiger partial charge on any atom is -0.379 e. The molecular formula is C19H30N4O3S. The van der Waals surface area contributed by atoms with Crippen LogP contribution in [0.4, 0.5) is 0 Å². The predicted octanol–water partition coefficient (Wildman–Crippen LogP) is 0.619. The Labute approximate surface area is 162 Å². The summed E-state index contributed by atoms with van der Waals surface area (Å²) in [6.45, 7) is 5.77. The van der Waals surface area contributed by atoms with Gasteiger partial charge >= 0.3 is 0 Å². The van der Waals surface area contributed by atoms with E-state index in [9.17, 15) is 8.42 Å². The first-order valence-corrected chi connectivity index (χ1v) is 11.4. The summed E-state index contributed by atoms with van der Waals surface area (Å²) in [4.78, 5) is 6.68. The second-order valence-corrected chi connectivity index (χ2v) is 9.46. The van der Waals surface area contributed by atoms with Crippen molar-refractivity contribution in [1.82, 2.24) is 15.5 Å². The van der Waals surface area contributed by atoms with E-state index in [2.05, 4.69) is 44.8 Å². The number of guanidine groups is 1. The van der Waals surface area contributed by atoms with Gasteiger partial charge in [-0.25, -0.2) is 8.42 Å². The average molecular weight is 395 g/mol. The molecule has 1 atom stereocenters. The molecule has 1 aromatic rings. The smallest absolute Gasteiger partial charge is 0.191 e. The number of hydrogen-bond acceptors (Lipinski definition) is 5. The standard InChI is InChI=1S/C19H30N4O3S/c1-20-19(21-12-16-6-11-27(24,25)15-16)22-13-17-4-2-3-5-18(17)14-23-7-9-26-10-8-23/h2-5,16H,6-15H2,1H3,(H2,20,21,22). The van der Waals surface area contributed by atoms with Crippen LogP contribution >= 0.6 is 0 Å². The number of ether oxygens (including phenoxy) is 1. The van der Waals surface area contributed by atoms with Crippen LogP contribution < -0.4 is 10.6 Å². The van der Waals surface area contributed by atoms with Crippen LogP contribution in [0.25, 0.3) is 0 Å². The minimum atomic E-state index is -2.84. The summed E-state index contributed by atoms with van der Waals surface area (Å²) >= 11 is 0. The zero-order valence-corrected chi connectivity index (χ0v) is 16.8. The molecule has 2 fully saturated rings. The van der Waals surface area contributed by atoms with Gasteiger partial charge in [-0.05, 0) is 23.5 Å². The molecule has 0 spiro atoms. The second kappa shape index (κ2) is 9.52. The Morgan fingerprint density at radius 1 is 1.22 bits per heavy atom. The van der Waals surface area contributed by atoms with Crippen LogP contribution in [0.5, 0.6) is 0 Å². The highest BCUT2D eigenvalue weighted by Crippen LogP contribution is 2.17. The van der Waals surface area contributed by atoms with Crippen LogP contribution in [0.1, 0.15) is 17.5 Å². The van der Waals surface area contributed by atoms with Crippen molar-refractivity contribution in [2.45, 2.75) is 19.5 Å². The van der Waals surface area contributed by atoms with Crippen molar-refractivity contribution in [2.75, 3.05) is 51.4 Å². The van der Waals surface area contributed by atoms with Crippen molar-refractivity contribution in [3.8, 4) is 0 Å². The normalized spacial score (nSPS) is 23.3. The largest absolute Gasteiger partial charge is 0.379 e. The summed E-state index contributed by atoms with van der Waals surface area (Å²) in [7, 11) is -1.10. The molecule has 3 rings (SSSR count). The molecule has 1 unspecified atom stereocenters. The number of benzene rings is 1. The second-order valence-electron chi connectivity index (χ2n) is 7.23. The topological polar surface area (TPSA) is 83.0 Å². The van der Waals surface area contributed by atoms with Crippen molar-refractivity contribution >= 4 is 15.8 Å². The third-order valence-electron chi connectivity index (χ3n) is 5.17. The minimum absolute atomic E-state index is 0.169. The number of aliphatic imine (C=N–C) groups is 1. The summed E-state index contributed by atoms with van der Waals surface area (Å²) in [5.74, 6) is 1.46. The lowest BCUT2D eigenvalue weighted by atomic mass is 10.1. The third kappa shape index (κ3) is 6.19. The number of nitrogens with zero attached hydrogens (tertiary/aromatic N) is 2. The van der Waals surface area contributed by atoms with Crippen LogP contribution in [-0.4, -0.2) is 70.7 Å². The maximum Gasteiger partial charge on any atom is 0.191 e. The zero-order chi connectivity index (χ0) is 19.1. The Morgan fingerprint density at radius 2 is 1.96 bits per heavy atom. The monoisotopic (exact) mass is 394 g/mol. The maximum absolute atomic E-state index is 11.6. The number of morpholine rings is 1. The first kappa shape index (κ1) is 20.1. The van der Waals surface area contributed by atoms with Gasteiger partial charge in [0.1, 0.15) is 0 Å². The van der Waals surface area contributed by atoms with Crippen LogP contribution in [0.3, 0.4) is 0 Å². The highest BCUT2D eigenvalue weighted by Gasteiger charge is 2.27. The van der Waals surface area contributed by atoms with Gasteiger partial charge < -0.3 is 15.4 Å². The third-order valence-corrected chi connectivity index (χ3v) is 7.01. The molecule has 0 aliphatic carbocycles. The van der Waals surface area contributed by atoms with E-state index in [1.165, 1.54) is 11.1 Å². The lowest BCUT2D eigenvalue weighted by Gasteiger charge is -2.27. The Morgan fingerprint density at radius 3 is 2.63 bits per heavy atom. The molecule has 2 N–H and O–H groups in total. The van der Waals surface area contributed by atoms with E-state index in [4.69, 9.17) is 4.74 Å². The fourth-order valence-corrected chi connectivity index (χ4v) is 5.42. The summed E-state index contributed by atoms with van der Waals surface area (Å²) < 4.78 is 28.6. The van der Waals surface area contributed by atoms with E-state index in [1.807, 2.05) is 0 Å². The zero-order valence-electron chi connectivity index (χ0n) is 16.0. The van der Waals surface area contributed by atoms with Crippen molar-refractivity contribution in [1.29, 1.82) is 0 Å². The number of rotatable bonds is 6. The SMILES string of the molecule is CN=C(NCc1ccccc1CN1CCOCC1)NCC1CCS(=O)(=O)C1. The average Bonchev–Trinajstić information content (AvgIpc) is 3.03. The van der Waals surface area contributed by atoms with Gasteiger partial charge in [-0.1, -0.05) is 24.3 Å². The molecule has 7 nitrogen and oxygen atoms in total. The molecule has 2 heterocycles. The molecule has 2 aliphatic heterocycles. The van der Waals surface area contributed by atoms with E-state index in [0.717, 1.165) is 39.3 Å². The molecule has 0 aromatic heterocycles. The van der Waals surface area contributed by atoms with Crippen molar-refractivity contribution in [2.24, 2.45) is 10.9 Å². The van der Waals surface area contributed by atoms with E-state index < -0.39 is 9.84 Å². The van der Waals surface area contributed by atoms with E-state index in [-0.39, 0.29) is 11.7 Å². The molecule has 1 aromatic carbocycles. The Kier molecular flexibility index (Phi) is 7.09. The van der Waals surface area contributed by atoms with Gasteiger partial charge in [0.05, 0.1) is 24.7 Å². The lowest BCUT2D eigenvalue weighted by Crippen LogP contribution is -2.40. The Balaban J connectivity index is 1.50. The van der Waals surface area contributed by atoms with Gasteiger partial charge in [-0.3, -0.25) is 9.89 Å². The fraction of sp³-hybridized carbons (Fsp3) is 0.632. The van der Waals surface area contributed by atoms with Crippen molar-refractivity contribution < 1.29 is 13.2 Å². The van der Waals surface area contributed by atoms with Crippen LogP contribution in [0, 0.1) is 5.92 Å². The van der Waals surface area contributed by atoms with Gasteiger partial charge in [0.25, 0.3) is 0 Å². The fourth-order valence-electron chi connectivity index (χ4n) is 3.56. The molecule has 0 amide bonds. The summed E-state index contributed by atoms with van der Waals surface area (Å²) in [6.07, 6.45) is 0.731. The van der Waals surface area contributed by atoms with E-state index >= 15 is 0 Å². The predicted molar refractivity (Wildman–Crippen MR) is 108 cm³/mol. The first-order chi connectivity index (χ1) is 13.1. The molecule has 2 aliphatic rings. The highest BCUT2D eigenvalue weighted by molar-refractivity contribution is 7.91. The molecule has 0 radical (unpaired) electrons. The molecule has 0 saturated carbocycles. The van der Waals surface area contributed by atoms with Gasteiger partial charge in [-0.2, -0.15) is 0 Å². The maximum atomic E-state index is 11.6. The number of hydrogen-bond donors (Lipinski definition) is 2. The number of sulfone groups is 1. The molecule has 2 saturated heterocycles. The molecule has 150 valence electrons. The van der Waals surface area contributed by atoms with Crippen LogP contribution in [0.2, 0.25) is 0 Å². The summed E-state index contributed by atoms with van der Waals surface area (Å²) in [5.41, 5.74) is 2.56. The summed E-state index contributed by atoms with van der Waals surface area (Å²) in [6, 6.07) is 8.44. The lowest BCUT2D eigenvalue weighted by molar-refractivity contribution is 0.0341. The molecule has 0 bridgehead atoms. The van der Waals surface area contributed by atoms with Gasteiger partial charge in [0.15, 0.2) is 15.8 Å². The van der Waals surface area contributed by atoms with Crippen LogP contribution in [0.15, 0.2) is 29.3 Å². The Hall–Kier alpha value is -1.64. The number of nitrogens with one attached hydrogen (secondary N) is 2. The molecule has 8 heteroatoms. The Bertz CT molecular complexity index is 745. The molecule has 27 heavy (non-hydrogen) atoms. The van der Waals surface area contributed by atoms with Gasteiger partial charge in [0, 0.05) is 39.8 Å². The quantitative estimate of drug-likeness (QED) is 0.544. The van der Waals surface area contributed by atoms with Crippen molar-refractivity contribution in [3.63, 3.8) is 0 Å². The van der Waals surface area contributed by atoms with E-state index in [0.29, 0.717) is 24.8 Å². The van der Waals surface area contributed by atoms with Crippen LogP contribution in [-0.2, 0) is 27.7 Å². The van der Waals surface area contributed by atoms with E-state index in [1.54, 1.807) is 7.05 Å². The van der Waals surface area contributed by atoms with Gasteiger partial charge in [-0.15, -0.1) is 0 Å². The first-order valence-electron chi connectivity index (χ1n) is 9.57. The molecular weight excluding hydrogens is 364 g/mol.